The second-order valence-corrected chi connectivity index (χ2v) is 8.05. The molecule has 1 unspecified atom stereocenters. The van der Waals surface area contributed by atoms with Crippen LogP contribution in [-0.4, -0.2) is 9.97 Å². The van der Waals surface area contributed by atoms with Gasteiger partial charge in [-0.05, 0) is 61.8 Å². The molecule has 2 heterocycles. The van der Waals surface area contributed by atoms with Crippen LogP contribution in [0.4, 0.5) is 0 Å². The number of nitrogens with zero attached hydrogens (tertiary/aromatic N) is 2. The van der Waals surface area contributed by atoms with Gasteiger partial charge in [-0.15, -0.1) is 6.42 Å². The average Bonchev–Trinajstić information content (AvgIpc) is 2.59. The third-order valence-corrected chi connectivity index (χ3v) is 5.66. The first-order chi connectivity index (χ1) is 11.9. The van der Waals surface area contributed by atoms with Crippen LogP contribution in [-0.2, 0) is 18.3 Å². The molecule has 1 atom stereocenters. The zero-order chi connectivity index (χ0) is 18.2. The Balaban J connectivity index is 2.37. The molecule has 2 aromatic rings. The van der Waals surface area contributed by atoms with Crippen molar-refractivity contribution in [2.24, 2.45) is 5.92 Å². The van der Waals surface area contributed by atoms with Gasteiger partial charge in [0.25, 0.3) is 0 Å². The van der Waals surface area contributed by atoms with Crippen molar-refractivity contribution in [3.8, 4) is 23.5 Å². The van der Waals surface area contributed by atoms with Crippen LogP contribution >= 0.6 is 0 Å². The van der Waals surface area contributed by atoms with Crippen LogP contribution in [0.3, 0.4) is 0 Å². The lowest BCUT2D eigenvalue weighted by atomic mass is 9.77. The monoisotopic (exact) mass is 332 g/mol. The van der Waals surface area contributed by atoms with Gasteiger partial charge in [-0.25, -0.2) is 0 Å². The molecule has 2 aromatic heterocycles. The molecule has 0 fully saturated rings. The van der Waals surface area contributed by atoms with Crippen LogP contribution in [0.2, 0.25) is 0 Å². The van der Waals surface area contributed by atoms with Gasteiger partial charge in [0.05, 0.1) is 11.3 Å². The smallest absolute Gasteiger partial charge is 0.0625 e. The van der Waals surface area contributed by atoms with Crippen LogP contribution in [0.15, 0.2) is 18.3 Å². The van der Waals surface area contributed by atoms with Gasteiger partial charge in [0.2, 0.25) is 0 Å². The van der Waals surface area contributed by atoms with Crippen LogP contribution in [0.1, 0.15) is 68.7 Å². The number of fused-ring (bicyclic) bond motifs is 1. The van der Waals surface area contributed by atoms with E-state index in [1.165, 1.54) is 28.8 Å². The second kappa shape index (κ2) is 6.64. The van der Waals surface area contributed by atoms with Crippen LogP contribution in [0.5, 0.6) is 0 Å². The van der Waals surface area contributed by atoms with E-state index in [0.29, 0.717) is 5.92 Å². The summed E-state index contributed by atoms with van der Waals surface area (Å²) < 4.78 is 0. The minimum atomic E-state index is -0.0311. The van der Waals surface area contributed by atoms with Crippen LogP contribution < -0.4 is 0 Å². The predicted octanol–water partition coefficient (Wildman–Crippen LogP) is 5.25. The topological polar surface area (TPSA) is 25.8 Å². The number of pyridine rings is 2. The Bertz CT molecular complexity index is 840. The minimum absolute atomic E-state index is 0.0311. The molecule has 1 aliphatic carbocycles. The normalized spacial score (nSPS) is 17.0. The van der Waals surface area contributed by atoms with Crippen molar-refractivity contribution in [2.75, 3.05) is 0 Å². The van der Waals surface area contributed by atoms with Gasteiger partial charge < -0.3 is 0 Å². The van der Waals surface area contributed by atoms with Crippen molar-refractivity contribution >= 4 is 0 Å². The highest BCUT2D eigenvalue weighted by Crippen LogP contribution is 2.40. The fourth-order valence-corrected chi connectivity index (χ4v) is 3.75. The van der Waals surface area contributed by atoms with E-state index in [9.17, 15) is 0 Å². The van der Waals surface area contributed by atoms with Crippen LogP contribution in [0.25, 0.3) is 11.1 Å². The van der Waals surface area contributed by atoms with Crippen molar-refractivity contribution in [1.82, 2.24) is 9.97 Å². The number of hydrogen-bond acceptors (Lipinski definition) is 2. The maximum absolute atomic E-state index is 6.04. The molecule has 0 saturated heterocycles. The van der Waals surface area contributed by atoms with Gasteiger partial charge in [-0.1, -0.05) is 33.6 Å². The lowest BCUT2D eigenvalue weighted by molar-refractivity contribution is 0.468. The molecule has 0 aromatic carbocycles. The van der Waals surface area contributed by atoms with Crippen molar-refractivity contribution in [2.45, 2.75) is 65.7 Å². The van der Waals surface area contributed by atoms with E-state index in [1.807, 2.05) is 13.1 Å². The molecule has 0 spiro atoms. The van der Waals surface area contributed by atoms with Crippen molar-refractivity contribution < 1.29 is 0 Å². The minimum Gasteiger partial charge on any atom is -0.262 e. The molecule has 3 rings (SSSR count). The van der Waals surface area contributed by atoms with E-state index in [0.717, 1.165) is 36.2 Å². The zero-order valence-corrected chi connectivity index (χ0v) is 16.1. The number of hydrogen-bond donors (Lipinski definition) is 0. The van der Waals surface area contributed by atoms with Crippen molar-refractivity contribution in [3.63, 3.8) is 0 Å². The van der Waals surface area contributed by atoms with E-state index >= 15 is 0 Å². The van der Waals surface area contributed by atoms with Gasteiger partial charge in [-0.3, -0.25) is 9.97 Å². The number of aryl methyl sites for hydroxylation is 2. The van der Waals surface area contributed by atoms with Gasteiger partial charge in [0.1, 0.15) is 0 Å². The first-order valence-corrected chi connectivity index (χ1v) is 9.33. The Labute approximate surface area is 152 Å². The molecule has 0 saturated carbocycles. The molecular weight excluding hydrogens is 304 g/mol. The van der Waals surface area contributed by atoms with Gasteiger partial charge in [-0.2, -0.15) is 0 Å². The molecule has 0 N–H and O–H groups in total. The average molecular weight is 332 g/mol. The van der Waals surface area contributed by atoms with Crippen LogP contribution in [0, 0.1) is 25.2 Å². The number of terminal acetylenes is 1. The lowest BCUT2D eigenvalue weighted by Gasteiger charge is -2.31. The Morgan fingerprint density at radius 1 is 1.36 bits per heavy atom. The lowest BCUT2D eigenvalue weighted by Crippen LogP contribution is -2.24. The largest absolute Gasteiger partial charge is 0.262 e. The molecule has 2 nitrogen and oxygen atoms in total. The van der Waals surface area contributed by atoms with Gasteiger partial charge in [0, 0.05) is 28.6 Å². The SMILES string of the molecule is C#Cc1c(C(C)(C)CC)nc2c(c1-c1ccnc(C)c1)CC(C)CC2. The molecule has 0 radical (unpaired) electrons. The van der Waals surface area contributed by atoms with E-state index < -0.39 is 0 Å². The summed E-state index contributed by atoms with van der Waals surface area (Å²) in [5.41, 5.74) is 8.05. The maximum atomic E-state index is 6.04. The fourth-order valence-electron chi connectivity index (χ4n) is 3.75. The quantitative estimate of drug-likeness (QED) is 0.718. The summed E-state index contributed by atoms with van der Waals surface area (Å²) in [4.78, 5) is 9.48. The molecule has 130 valence electrons. The summed E-state index contributed by atoms with van der Waals surface area (Å²) in [5.74, 6) is 3.68. The summed E-state index contributed by atoms with van der Waals surface area (Å²) in [6.07, 6.45) is 12.2. The van der Waals surface area contributed by atoms with E-state index in [1.54, 1.807) is 0 Å². The molecule has 2 heteroatoms. The molecular formula is C23H28N2. The van der Waals surface area contributed by atoms with Crippen molar-refractivity contribution in [1.29, 1.82) is 0 Å². The summed E-state index contributed by atoms with van der Waals surface area (Å²) in [5, 5.41) is 0. The fraction of sp³-hybridized carbons (Fsp3) is 0.478. The Kier molecular flexibility index (Phi) is 4.69. The maximum Gasteiger partial charge on any atom is 0.0625 e. The number of aromatic nitrogens is 2. The van der Waals surface area contributed by atoms with E-state index in [-0.39, 0.29) is 5.41 Å². The molecule has 0 aliphatic heterocycles. The summed E-state index contributed by atoms with van der Waals surface area (Å²) >= 11 is 0. The standard InChI is InChI=1S/C23H28N2/c1-7-18-21(17-11-12-24-16(4)14-17)19-13-15(3)9-10-20(19)25-22(18)23(5,6)8-2/h1,11-12,14-15H,8-10,13H2,2-6H3. The summed E-state index contributed by atoms with van der Waals surface area (Å²) in [6.45, 7) is 11.1. The Morgan fingerprint density at radius 3 is 2.76 bits per heavy atom. The third kappa shape index (κ3) is 3.21. The van der Waals surface area contributed by atoms with E-state index in [4.69, 9.17) is 11.4 Å². The van der Waals surface area contributed by atoms with Gasteiger partial charge in [0.15, 0.2) is 0 Å². The molecule has 0 amide bonds. The van der Waals surface area contributed by atoms with Crippen molar-refractivity contribution in [3.05, 3.63) is 46.5 Å². The Morgan fingerprint density at radius 2 is 2.12 bits per heavy atom. The second-order valence-electron chi connectivity index (χ2n) is 8.05. The third-order valence-electron chi connectivity index (χ3n) is 5.66. The highest BCUT2D eigenvalue weighted by atomic mass is 14.8. The summed E-state index contributed by atoms with van der Waals surface area (Å²) in [7, 11) is 0. The summed E-state index contributed by atoms with van der Waals surface area (Å²) in [6, 6.07) is 4.24. The van der Waals surface area contributed by atoms with Gasteiger partial charge >= 0.3 is 0 Å². The predicted molar refractivity (Wildman–Crippen MR) is 105 cm³/mol. The van der Waals surface area contributed by atoms with E-state index in [2.05, 4.69) is 50.7 Å². The molecule has 0 bridgehead atoms. The highest BCUT2D eigenvalue weighted by Gasteiger charge is 2.30. The number of rotatable bonds is 3. The Hall–Kier alpha value is -2.14. The first-order valence-electron chi connectivity index (χ1n) is 9.33. The first kappa shape index (κ1) is 17.7. The molecule has 1 aliphatic rings. The molecule has 25 heavy (non-hydrogen) atoms. The highest BCUT2D eigenvalue weighted by molar-refractivity contribution is 5.77. The zero-order valence-electron chi connectivity index (χ0n) is 16.1.